The number of piperidine rings is 1. The molecule has 0 bridgehead atoms. The number of rotatable bonds is 6. The van der Waals surface area contributed by atoms with Crippen LogP contribution in [0.25, 0.3) is 0 Å². The first-order valence-electron chi connectivity index (χ1n) is 7.85. The summed E-state index contributed by atoms with van der Waals surface area (Å²) in [6.45, 7) is 7.72. The molecule has 1 aliphatic rings. The lowest BCUT2D eigenvalue weighted by molar-refractivity contribution is -0.119. The van der Waals surface area contributed by atoms with Gasteiger partial charge in [-0.1, -0.05) is 6.92 Å². The molecule has 5 heteroatoms. The first-order valence-corrected chi connectivity index (χ1v) is 7.85. The predicted octanol–water partition coefficient (Wildman–Crippen LogP) is 2.00. The van der Waals surface area contributed by atoms with E-state index in [1.807, 2.05) is 6.20 Å². The SMILES string of the molecule is CCCNc1cc(CN2CCC(NC(C)=O)CC2)ccn1. The number of likely N-dealkylation sites (tertiary alicyclic amines) is 1. The van der Waals surface area contributed by atoms with Crippen LogP contribution in [0.2, 0.25) is 0 Å². The summed E-state index contributed by atoms with van der Waals surface area (Å²) in [5, 5.41) is 6.34. The van der Waals surface area contributed by atoms with Gasteiger partial charge in [0, 0.05) is 45.3 Å². The van der Waals surface area contributed by atoms with E-state index in [1.54, 1.807) is 6.92 Å². The van der Waals surface area contributed by atoms with Gasteiger partial charge in [0.05, 0.1) is 0 Å². The molecular weight excluding hydrogens is 264 g/mol. The summed E-state index contributed by atoms with van der Waals surface area (Å²) in [4.78, 5) is 17.8. The van der Waals surface area contributed by atoms with Crippen LogP contribution < -0.4 is 10.6 Å². The van der Waals surface area contributed by atoms with E-state index in [1.165, 1.54) is 5.56 Å². The van der Waals surface area contributed by atoms with Crippen LogP contribution in [0.15, 0.2) is 18.3 Å². The van der Waals surface area contributed by atoms with Gasteiger partial charge in [0.25, 0.3) is 0 Å². The highest BCUT2D eigenvalue weighted by molar-refractivity contribution is 5.73. The average Bonchev–Trinajstić information content (AvgIpc) is 2.47. The van der Waals surface area contributed by atoms with Gasteiger partial charge in [-0.3, -0.25) is 9.69 Å². The van der Waals surface area contributed by atoms with Gasteiger partial charge in [0.15, 0.2) is 0 Å². The van der Waals surface area contributed by atoms with Crippen molar-refractivity contribution >= 4 is 11.7 Å². The Labute approximate surface area is 127 Å². The molecule has 1 aliphatic heterocycles. The first-order chi connectivity index (χ1) is 10.2. The molecule has 1 aromatic rings. The molecule has 0 saturated carbocycles. The number of nitrogens with zero attached hydrogens (tertiary/aromatic N) is 2. The Balaban J connectivity index is 1.81. The topological polar surface area (TPSA) is 57.3 Å². The molecule has 5 nitrogen and oxygen atoms in total. The highest BCUT2D eigenvalue weighted by Crippen LogP contribution is 2.15. The van der Waals surface area contributed by atoms with Gasteiger partial charge in [-0.05, 0) is 37.0 Å². The van der Waals surface area contributed by atoms with Gasteiger partial charge in [0.1, 0.15) is 5.82 Å². The summed E-state index contributed by atoms with van der Waals surface area (Å²) < 4.78 is 0. The lowest BCUT2D eigenvalue weighted by Crippen LogP contribution is -2.43. The zero-order chi connectivity index (χ0) is 15.1. The third-order valence-electron chi connectivity index (χ3n) is 3.78. The predicted molar refractivity (Wildman–Crippen MR) is 85.1 cm³/mol. The van der Waals surface area contributed by atoms with Crippen molar-refractivity contribution in [3.63, 3.8) is 0 Å². The molecule has 1 amide bonds. The third-order valence-corrected chi connectivity index (χ3v) is 3.78. The van der Waals surface area contributed by atoms with Gasteiger partial charge in [-0.15, -0.1) is 0 Å². The lowest BCUT2D eigenvalue weighted by atomic mass is 10.0. The van der Waals surface area contributed by atoms with E-state index >= 15 is 0 Å². The first kappa shape index (κ1) is 15.8. The van der Waals surface area contributed by atoms with Crippen molar-refractivity contribution in [2.45, 2.75) is 45.7 Å². The van der Waals surface area contributed by atoms with Crippen molar-refractivity contribution in [3.8, 4) is 0 Å². The quantitative estimate of drug-likeness (QED) is 0.841. The van der Waals surface area contributed by atoms with Crippen LogP contribution in [-0.4, -0.2) is 41.5 Å². The molecule has 0 spiro atoms. The summed E-state index contributed by atoms with van der Waals surface area (Å²) in [7, 11) is 0. The van der Waals surface area contributed by atoms with Crippen LogP contribution in [0.5, 0.6) is 0 Å². The second kappa shape index (κ2) is 7.98. The highest BCUT2D eigenvalue weighted by atomic mass is 16.1. The number of hydrogen-bond acceptors (Lipinski definition) is 4. The number of nitrogens with one attached hydrogen (secondary N) is 2. The number of hydrogen-bond donors (Lipinski definition) is 2. The Hall–Kier alpha value is -1.62. The second-order valence-corrected chi connectivity index (χ2v) is 5.73. The zero-order valence-corrected chi connectivity index (χ0v) is 13.1. The molecule has 2 rings (SSSR count). The standard InChI is InChI=1S/C16H26N4O/c1-3-7-17-16-11-14(4-8-18-16)12-20-9-5-15(6-10-20)19-13(2)21/h4,8,11,15H,3,5-7,9-10,12H2,1-2H3,(H,17,18)(H,19,21). The number of carbonyl (C=O) groups excluding carboxylic acids is 1. The Bertz CT molecular complexity index is 455. The molecule has 0 aliphatic carbocycles. The maximum atomic E-state index is 11.1. The number of aromatic nitrogens is 1. The van der Waals surface area contributed by atoms with Gasteiger partial charge in [-0.2, -0.15) is 0 Å². The van der Waals surface area contributed by atoms with Gasteiger partial charge >= 0.3 is 0 Å². The Morgan fingerprint density at radius 3 is 2.86 bits per heavy atom. The normalized spacial score (nSPS) is 16.7. The van der Waals surface area contributed by atoms with Crippen LogP contribution in [-0.2, 0) is 11.3 Å². The minimum Gasteiger partial charge on any atom is -0.370 e. The number of amides is 1. The summed E-state index contributed by atoms with van der Waals surface area (Å²) in [6, 6.07) is 4.56. The molecule has 21 heavy (non-hydrogen) atoms. The van der Waals surface area contributed by atoms with E-state index < -0.39 is 0 Å². The molecule has 0 radical (unpaired) electrons. The van der Waals surface area contributed by atoms with Crippen LogP contribution in [0.4, 0.5) is 5.82 Å². The van der Waals surface area contributed by atoms with Crippen LogP contribution >= 0.6 is 0 Å². The molecule has 1 saturated heterocycles. The monoisotopic (exact) mass is 290 g/mol. The van der Waals surface area contributed by atoms with Crippen molar-refractivity contribution in [2.24, 2.45) is 0 Å². The van der Waals surface area contributed by atoms with E-state index in [9.17, 15) is 4.79 Å². The molecule has 0 atom stereocenters. The molecule has 2 heterocycles. The Morgan fingerprint density at radius 1 is 1.43 bits per heavy atom. The number of anilines is 1. The van der Waals surface area contributed by atoms with E-state index in [4.69, 9.17) is 0 Å². The fraction of sp³-hybridized carbons (Fsp3) is 0.625. The fourth-order valence-electron chi connectivity index (χ4n) is 2.70. The molecule has 1 fully saturated rings. The Morgan fingerprint density at radius 2 is 2.19 bits per heavy atom. The molecule has 116 valence electrons. The fourth-order valence-corrected chi connectivity index (χ4v) is 2.70. The lowest BCUT2D eigenvalue weighted by Gasteiger charge is -2.32. The Kier molecular flexibility index (Phi) is 5.99. The van der Waals surface area contributed by atoms with Gasteiger partial charge in [0.2, 0.25) is 5.91 Å². The van der Waals surface area contributed by atoms with Crippen molar-refractivity contribution in [1.29, 1.82) is 0 Å². The molecule has 0 unspecified atom stereocenters. The maximum Gasteiger partial charge on any atom is 0.217 e. The highest BCUT2D eigenvalue weighted by Gasteiger charge is 2.19. The summed E-state index contributed by atoms with van der Waals surface area (Å²) >= 11 is 0. The average molecular weight is 290 g/mol. The maximum absolute atomic E-state index is 11.1. The van der Waals surface area contributed by atoms with Crippen LogP contribution in [0, 0.1) is 0 Å². The summed E-state index contributed by atoms with van der Waals surface area (Å²) in [5.41, 5.74) is 1.29. The van der Waals surface area contributed by atoms with Gasteiger partial charge < -0.3 is 10.6 Å². The van der Waals surface area contributed by atoms with Crippen molar-refractivity contribution < 1.29 is 4.79 Å². The zero-order valence-electron chi connectivity index (χ0n) is 13.1. The molecule has 0 aromatic carbocycles. The third kappa shape index (κ3) is 5.34. The van der Waals surface area contributed by atoms with Crippen molar-refractivity contribution in [3.05, 3.63) is 23.9 Å². The smallest absolute Gasteiger partial charge is 0.217 e. The molecule has 2 N–H and O–H groups in total. The summed E-state index contributed by atoms with van der Waals surface area (Å²) in [6.07, 6.45) is 5.04. The minimum atomic E-state index is 0.0780. The number of carbonyl (C=O) groups is 1. The molecule has 1 aromatic heterocycles. The van der Waals surface area contributed by atoms with Gasteiger partial charge in [-0.25, -0.2) is 4.98 Å². The minimum absolute atomic E-state index is 0.0780. The van der Waals surface area contributed by atoms with E-state index in [2.05, 4.69) is 39.6 Å². The van der Waals surface area contributed by atoms with E-state index in [0.29, 0.717) is 6.04 Å². The largest absolute Gasteiger partial charge is 0.370 e. The van der Waals surface area contributed by atoms with Crippen LogP contribution in [0.3, 0.4) is 0 Å². The van der Waals surface area contributed by atoms with Crippen LogP contribution in [0.1, 0.15) is 38.7 Å². The van der Waals surface area contributed by atoms with Crippen molar-refractivity contribution in [1.82, 2.24) is 15.2 Å². The summed E-state index contributed by atoms with van der Waals surface area (Å²) in [5.74, 6) is 1.04. The van der Waals surface area contributed by atoms with E-state index in [-0.39, 0.29) is 5.91 Å². The van der Waals surface area contributed by atoms with Crippen molar-refractivity contribution in [2.75, 3.05) is 25.0 Å². The molecular formula is C16H26N4O. The van der Waals surface area contributed by atoms with E-state index in [0.717, 1.165) is 51.3 Å². The number of pyridine rings is 1. The second-order valence-electron chi connectivity index (χ2n) is 5.73.